The molecule has 0 aliphatic rings. The van der Waals surface area contributed by atoms with Crippen molar-refractivity contribution >= 4 is 0 Å². The van der Waals surface area contributed by atoms with E-state index >= 15 is 0 Å². The summed E-state index contributed by atoms with van der Waals surface area (Å²) in [5.74, 6) is -0.225. The van der Waals surface area contributed by atoms with Crippen LogP contribution >= 0.6 is 0 Å². The SMILES string of the molecule is CCC(C)(C(N)c1ccccc1F)N(C)C. The molecular formula is C13H21FN2. The Morgan fingerprint density at radius 2 is 1.94 bits per heavy atom. The van der Waals surface area contributed by atoms with E-state index in [2.05, 4.69) is 18.7 Å². The highest BCUT2D eigenvalue weighted by Crippen LogP contribution is 2.31. The Morgan fingerprint density at radius 1 is 1.38 bits per heavy atom. The molecule has 3 heteroatoms. The van der Waals surface area contributed by atoms with Gasteiger partial charge in [0.25, 0.3) is 0 Å². The molecule has 1 rings (SSSR count). The number of hydrogen-bond donors (Lipinski definition) is 1. The predicted octanol–water partition coefficient (Wildman–Crippen LogP) is 2.56. The molecule has 90 valence electrons. The van der Waals surface area contributed by atoms with Crippen LogP contribution in [0.5, 0.6) is 0 Å². The summed E-state index contributed by atoms with van der Waals surface area (Å²) in [6.45, 7) is 4.13. The molecule has 0 aliphatic carbocycles. The second kappa shape index (κ2) is 4.93. The Kier molecular flexibility index (Phi) is 4.05. The number of hydrogen-bond acceptors (Lipinski definition) is 2. The van der Waals surface area contributed by atoms with Gasteiger partial charge in [0.2, 0.25) is 0 Å². The van der Waals surface area contributed by atoms with Gasteiger partial charge in [-0.1, -0.05) is 25.1 Å². The maximum Gasteiger partial charge on any atom is 0.128 e. The molecule has 0 aliphatic heterocycles. The zero-order valence-electron chi connectivity index (χ0n) is 10.5. The van der Waals surface area contributed by atoms with Crippen molar-refractivity contribution in [3.8, 4) is 0 Å². The van der Waals surface area contributed by atoms with Crippen molar-refractivity contribution in [1.29, 1.82) is 0 Å². The first kappa shape index (κ1) is 13.1. The molecule has 2 N–H and O–H groups in total. The van der Waals surface area contributed by atoms with Crippen LogP contribution in [0, 0.1) is 5.82 Å². The lowest BCUT2D eigenvalue weighted by molar-refractivity contribution is 0.130. The summed E-state index contributed by atoms with van der Waals surface area (Å²) in [4.78, 5) is 2.06. The van der Waals surface area contributed by atoms with Gasteiger partial charge >= 0.3 is 0 Å². The first-order valence-corrected chi connectivity index (χ1v) is 5.61. The van der Waals surface area contributed by atoms with Gasteiger partial charge in [0.05, 0.1) is 6.04 Å². The van der Waals surface area contributed by atoms with E-state index in [-0.39, 0.29) is 17.4 Å². The van der Waals surface area contributed by atoms with Gasteiger partial charge in [0.15, 0.2) is 0 Å². The maximum absolute atomic E-state index is 13.7. The first-order chi connectivity index (χ1) is 7.43. The minimum atomic E-state index is -0.325. The van der Waals surface area contributed by atoms with E-state index in [0.717, 1.165) is 6.42 Å². The van der Waals surface area contributed by atoms with Crippen LogP contribution in [0.2, 0.25) is 0 Å². The smallest absolute Gasteiger partial charge is 0.128 e. The van der Waals surface area contributed by atoms with E-state index in [4.69, 9.17) is 5.73 Å². The first-order valence-electron chi connectivity index (χ1n) is 5.61. The lowest BCUT2D eigenvalue weighted by atomic mass is 9.84. The molecule has 0 heterocycles. The molecule has 0 amide bonds. The number of nitrogens with zero attached hydrogens (tertiary/aromatic N) is 1. The van der Waals surface area contributed by atoms with Crippen LogP contribution < -0.4 is 5.73 Å². The van der Waals surface area contributed by atoms with Crippen molar-refractivity contribution in [2.75, 3.05) is 14.1 Å². The summed E-state index contributed by atoms with van der Waals surface area (Å²) < 4.78 is 13.7. The minimum absolute atomic E-state index is 0.225. The predicted molar refractivity (Wildman–Crippen MR) is 65.7 cm³/mol. The second-order valence-electron chi connectivity index (χ2n) is 4.60. The second-order valence-corrected chi connectivity index (χ2v) is 4.60. The van der Waals surface area contributed by atoms with Gasteiger partial charge in [0.1, 0.15) is 5.82 Å². The molecular weight excluding hydrogens is 203 g/mol. The number of nitrogens with two attached hydrogens (primary N) is 1. The molecule has 1 aromatic rings. The van der Waals surface area contributed by atoms with E-state index in [1.807, 2.05) is 20.2 Å². The van der Waals surface area contributed by atoms with Gasteiger partial charge < -0.3 is 10.6 Å². The zero-order chi connectivity index (χ0) is 12.3. The molecule has 0 aromatic heterocycles. The molecule has 0 bridgehead atoms. The summed E-state index contributed by atoms with van der Waals surface area (Å²) in [6.07, 6.45) is 0.871. The molecule has 2 unspecified atom stereocenters. The summed E-state index contributed by atoms with van der Waals surface area (Å²) in [5.41, 5.74) is 6.55. The van der Waals surface area contributed by atoms with Gasteiger partial charge in [-0.2, -0.15) is 0 Å². The summed E-state index contributed by atoms with van der Waals surface area (Å²) >= 11 is 0. The maximum atomic E-state index is 13.7. The zero-order valence-corrected chi connectivity index (χ0v) is 10.5. The Bertz CT molecular complexity index is 352. The van der Waals surface area contributed by atoms with Gasteiger partial charge in [-0.25, -0.2) is 4.39 Å². The molecule has 2 atom stereocenters. The van der Waals surface area contributed by atoms with Crippen molar-refractivity contribution in [3.05, 3.63) is 35.6 Å². The van der Waals surface area contributed by atoms with Crippen molar-refractivity contribution in [2.45, 2.75) is 31.8 Å². The molecule has 0 saturated carbocycles. The summed E-state index contributed by atoms with van der Waals surface area (Å²) in [6, 6.07) is 6.40. The van der Waals surface area contributed by atoms with Crippen LogP contribution in [-0.2, 0) is 0 Å². The van der Waals surface area contributed by atoms with Crippen molar-refractivity contribution < 1.29 is 4.39 Å². The lowest BCUT2D eigenvalue weighted by Gasteiger charge is -2.41. The van der Waals surface area contributed by atoms with E-state index in [1.54, 1.807) is 12.1 Å². The molecule has 0 spiro atoms. The number of benzene rings is 1. The third-order valence-electron chi connectivity index (χ3n) is 3.65. The molecule has 2 nitrogen and oxygen atoms in total. The third kappa shape index (κ3) is 2.25. The summed E-state index contributed by atoms with van der Waals surface area (Å²) in [7, 11) is 3.95. The molecule has 0 radical (unpaired) electrons. The normalized spacial score (nSPS) is 17.2. The molecule has 16 heavy (non-hydrogen) atoms. The fourth-order valence-corrected chi connectivity index (χ4v) is 1.88. The van der Waals surface area contributed by atoms with Crippen molar-refractivity contribution in [3.63, 3.8) is 0 Å². The quantitative estimate of drug-likeness (QED) is 0.851. The van der Waals surface area contributed by atoms with Crippen LogP contribution in [0.3, 0.4) is 0 Å². The highest BCUT2D eigenvalue weighted by atomic mass is 19.1. The number of halogens is 1. The standard InChI is InChI=1S/C13H21FN2/c1-5-13(2,16(3)4)12(15)10-8-6-7-9-11(10)14/h6-9,12H,5,15H2,1-4H3. The number of rotatable bonds is 4. The fraction of sp³-hybridized carbons (Fsp3) is 0.538. The van der Waals surface area contributed by atoms with E-state index in [0.29, 0.717) is 5.56 Å². The molecule has 1 aromatic carbocycles. The van der Waals surface area contributed by atoms with Gasteiger partial charge in [-0.15, -0.1) is 0 Å². The average molecular weight is 224 g/mol. The van der Waals surface area contributed by atoms with E-state index < -0.39 is 0 Å². The van der Waals surface area contributed by atoms with Crippen LogP contribution in [-0.4, -0.2) is 24.5 Å². The highest BCUT2D eigenvalue weighted by molar-refractivity contribution is 5.24. The molecule has 0 saturated heterocycles. The largest absolute Gasteiger partial charge is 0.322 e. The van der Waals surface area contributed by atoms with Crippen LogP contribution in [0.25, 0.3) is 0 Å². The monoisotopic (exact) mass is 224 g/mol. The van der Waals surface area contributed by atoms with Gasteiger partial charge in [-0.3, -0.25) is 0 Å². The summed E-state index contributed by atoms with van der Waals surface area (Å²) in [5, 5.41) is 0. The van der Waals surface area contributed by atoms with E-state index in [9.17, 15) is 4.39 Å². The topological polar surface area (TPSA) is 29.3 Å². The molecule has 0 fully saturated rings. The Labute approximate surface area is 97.3 Å². The Hall–Kier alpha value is -0.930. The van der Waals surface area contributed by atoms with Crippen LogP contribution in [0.1, 0.15) is 31.9 Å². The number of likely N-dealkylation sites (N-methyl/N-ethyl adjacent to an activating group) is 1. The Morgan fingerprint density at radius 3 is 2.38 bits per heavy atom. The third-order valence-corrected chi connectivity index (χ3v) is 3.65. The lowest BCUT2D eigenvalue weighted by Crippen LogP contribution is -2.49. The fourth-order valence-electron chi connectivity index (χ4n) is 1.88. The Balaban J connectivity index is 3.10. The average Bonchev–Trinajstić information content (AvgIpc) is 2.27. The van der Waals surface area contributed by atoms with Crippen LogP contribution in [0.4, 0.5) is 4.39 Å². The van der Waals surface area contributed by atoms with E-state index in [1.165, 1.54) is 6.07 Å². The van der Waals surface area contributed by atoms with Gasteiger partial charge in [0, 0.05) is 11.1 Å². The van der Waals surface area contributed by atoms with Gasteiger partial charge in [-0.05, 0) is 33.5 Å². The van der Waals surface area contributed by atoms with Crippen molar-refractivity contribution in [2.24, 2.45) is 5.73 Å². The highest BCUT2D eigenvalue weighted by Gasteiger charge is 2.34. The van der Waals surface area contributed by atoms with Crippen LogP contribution in [0.15, 0.2) is 24.3 Å². The minimum Gasteiger partial charge on any atom is -0.322 e. The van der Waals surface area contributed by atoms with Crippen molar-refractivity contribution in [1.82, 2.24) is 4.90 Å².